The van der Waals surface area contributed by atoms with Crippen molar-refractivity contribution < 1.29 is 51.1 Å². The summed E-state index contributed by atoms with van der Waals surface area (Å²) in [6.07, 6.45) is 3.66. The van der Waals surface area contributed by atoms with Crippen LogP contribution in [0, 0.1) is 20.8 Å². The van der Waals surface area contributed by atoms with Crippen LogP contribution in [0.1, 0.15) is 91.5 Å². The summed E-state index contributed by atoms with van der Waals surface area (Å²) in [6.45, 7) is 4.60. The van der Waals surface area contributed by atoms with E-state index in [-0.39, 0.29) is 16.9 Å². The lowest BCUT2D eigenvalue weighted by Crippen LogP contribution is -2.21. The number of rotatable bonds is 16. The quantitative estimate of drug-likeness (QED) is 0.0712. The largest absolute Gasteiger partial charge is 0.461 e. The summed E-state index contributed by atoms with van der Waals surface area (Å²) in [6, 6.07) is 13.4. The third-order valence-corrected chi connectivity index (χ3v) is 10.7. The maximum Gasteiger partial charge on any atom is 0.345 e. The fourth-order valence-corrected chi connectivity index (χ4v) is 7.15. The Morgan fingerprint density at radius 1 is 0.579 bits per heavy atom. The van der Waals surface area contributed by atoms with E-state index in [1.54, 1.807) is 25.1 Å². The number of hydrogen-bond acceptors (Lipinski definition) is 10. The van der Waals surface area contributed by atoms with Crippen molar-refractivity contribution in [3.63, 3.8) is 0 Å². The highest BCUT2D eigenvalue weighted by Gasteiger charge is 2.30. The predicted octanol–water partition coefficient (Wildman–Crippen LogP) is 0.113. The van der Waals surface area contributed by atoms with Crippen LogP contribution in [-0.4, -0.2) is 96.3 Å². The molecule has 0 aliphatic carbocycles. The van der Waals surface area contributed by atoms with Gasteiger partial charge in [0.1, 0.15) is 70.8 Å². The third kappa shape index (κ3) is 10.9. The van der Waals surface area contributed by atoms with Crippen LogP contribution in [-0.2, 0) is 52.8 Å². The molecule has 4 aromatic rings. The van der Waals surface area contributed by atoms with Crippen molar-refractivity contribution in [2.24, 2.45) is 0 Å². The molecule has 4 rings (SSSR count). The highest BCUT2D eigenvalue weighted by Crippen LogP contribution is 2.37. The molecule has 0 aliphatic rings. The molecular formula is C39H46B6O11S. The van der Waals surface area contributed by atoms with Crippen molar-refractivity contribution in [2.75, 3.05) is 12.4 Å². The Morgan fingerprint density at radius 3 is 1.49 bits per heavy atom. The maximum absolute atomic E-state index is 14.2. The Bertz CT molecular complexity index is 2330. The molecule has 57 heavy (non-hydrogen) atoms. The Morgan fingerprint density at radius 2 is 1.05 bits per heavy atom. The van der Waals surface area contributed by atoms with E-state index in [2.05, 4.69) is 6.07 Å². The lowest BCUT2D eigenvalue weighted by atomic mass is 9.81. The molecule has 0 heterocycles. The number of ether oxygens (including phenoxy) is 4. The third-order valence-electron chi connectivity index (χ3n) is 9.99. The minimum Gasteiger partial charge on any atom is -0.461 e. The van der Waals surface area contributed by atoms with Gasteiger partial charge in [0.15, 0.2) is 11.5 Å². The average molecular weight is 788 g/mol. The van der Waals surface area contributed by atoms with E-state index >= 15 is 0 Å². The molecular weight excluding hydrogens is 741 g/mol. The Hall–Kier alpha value is -4.94. The van der Waals surface area contributed by atoms with Crippen LogP contribution in [0.2, 0.25) is 0 Å². The average Bonchev–Trinajstić information content (AvgIpc) is 3.17. The van der Waals surface area contributed by atoms with E-state index in [9.17, 15) is 32.1 Å². The zero-order valence-corrected chi connectivity index (χ0v) is 35.0. The lowest BCUT2D eigenvalue weighted by Gasteiger charge is -2.19. The van der Waals surface area contributed by atoms with Gasteiger partial charge < -0.3 is 18.9 Å². The van der Waals surface area contributed by atoms with Crippen LogP contribution in [0.15, 0.2) is 48.5 Å². The zero-order chi connectivity index (χ0) is 42.2. The number of benzene rings is 4. The molecule has 0 saturated heterocycles. The molecule has 0 aliphatic heterocycles. The molecule has 1 N–H and O–H groups in total. The van der Waals surface area contributed by atoms with Crippen molar-refractivity contribution >= 4 is 81.1 Å². The molecule has 11 nitrogen and oxygen atoms in total. The van der Waals surface area contributed by atoms with E-state index in [0.717, 1.165) is 56.6 Å². The summed E-state index contributed by atoms with van der Waals surface area (Å²) in [4.78, 5) is 56.0. The Kier molecular flexibility index (Phi) is 15.3. The zero-order valence-electron chi connectivity index (χ0n) is 34.2. The summed E-state index contributed by atoms with van der Waals surface area (Å²) in [5, 5.41) is 0. The minimum absolute atomic E-state index is 0.186. The molecule has 0 unspecified atom stereocenters. The van der Waals surface area contributed by atoms with Crippen LogP contribution < -0.4 is 14.2 Å². The van der Waals surface area contributed by atoms with Gasteiger partial charge in [-0.25, -0.2) is 19.2 Å². The van der Waals surface area contributed by atoms with Gasteiger partial charge in [-0.3, -0.25) is 4.55 Å². The first-order chi connectivity index (χ1) is 27.0. The molecule has 0 saturated carbocycles. The highest BCUT2D eigenvalue weighted by molar-refractivity contribution is 7.85. The summed E-state index contributed by atoms with van der Waals surface area (Å²) in [5.41, 5.74) is 7.71. The molecule has 292 valence electrons. The minimum atomic E-state index is -4.53. The highest BCUT2D eigenvalue weighted by atomic mass is 32.2. The summed E-state index contributed by atoms with van der Waals surface area (Å²) < 4.78 is 55.4. The van der Waals surface area contributed by atoms with Gasteiger partial charge in [-0.1, -0.05) is 78.4 Å². The van der Waals surface area contributed by atoms with E-state index < -0.39 is 63.4 Å². The molecule has 0 aromatic heterocycles. The van der Waals surface area contributed by atoms with Crippen LogP contribution in [0.25, 0.3) is 0 Å². The van der Waals surface area contributed by atoms with Gasteiger partial charge in [-0.05, 0) is 66.8 Å². The van der Waals surface area contributed by atoms with Crippen LogP contribution >= 0.6 is 0 Å². The Labute approximate surface area is 340 Å². The maximum atomic E-state index is 14.2. The van der Waals surface area contributed by atoms with E-state index in [0.29, 0.717) is 49.0 Å². The van der Waals surface area contributed by atoms with Gasteiger partial charge in [0.25, 0.3) is 10.1 Å². The number of aryl methyl sites for hydroxylation is 2. The molecule has 18 heteroatoms. The molecule has 0 amide bonds. The SMILES string of the molecule is BCc1cc(CB)c(CB)c(C(=O)Oc2cc(OC(=O)c3cc(C)cc(C)c3C)c(C(=O)OCCS(=O)(=O)O)c(OC(=O)c3cc(CB)cc(CB)c3CB)c2)c1. The number of hydrogen-bond donors (Lipinski definition) is 1. The van der Waals surface area contributed by atoms with E-state index in [1.165, 1.54) is 0 Å². The topological polar surface area (TPSA) is 160 Å². The lowest BCUT2D eigenvalue weighted by molar-refractivity contribution is 0.0516. The standard InChI is InChI=1S/C39H46B6O11S/c1-20-6-21(2)22(3)28(7-20)36(46)55-33-12-27(54-37(47)29-10-23(14-40)8-25(16-42)31(29)18-44)13-34(35(33)39(49)53-4-5-57(50,51)52)56-38(48)30-11-24(15-41)9-26(17-43)32(30)19-45/h6-13H,4-5,14-19,40-45H2,1-3H3,(H,50,51,52). The number of carbonyl (C=O) groups is 4. The van der Waals surface area contributed by atoms with Crippen LogP contribution in [0.5, 0.6) is 17.2 Å². The Balaban J connectivity index is 1.97. The molecule has 0 bridgehead atoms. The van der Waals surface area contributed by atoms with E-state index in [1.807, 2.05) is 73.1 Å². The van der Waals surface area contributed by atoms with Gasteiger partial charge in [-0.15, -0.1) is 0 Å². The fourth-order valence-electron chi connectivity index (χ4n) is 6.86. The first kappa shape index (κ1) is 44.8. The van der Waals surface area contributed by atoms with Gasteiger partial charge in [0, 0.05) is 12.1 Å². The normalized spacial score (nSPS) is 11.2. The summed E-state index contributed by atoms with van der Waals surface area (Å²) in [5.74, 6) is -5.78. The van der Waals surface area contributed by atoms with Gasteiger partial charge in [0.05, 0.1) is 16.7 Å². The van der Waals surface area contributed by atoms with Gasteiger partial charge in [-0.2, -0.15) is 8.42 Å². The smallest absolute Gasteiger partial charge is 0.345 e. The van der Waals surface area contributed by atoms with Crippen molar-refractivity contribution in [3.8, 4) is 17.2 Å². The van der Waals surface area contributed by atoms with Gasteiger partial charge in [0.2, 0.25) is 0 Å². The second kappa shape index (κ2) is 19.5. The van der Waals surface area contributed by atoms with Crippen LogP contribution in [0.3, 0.4) is 0 Å². The first-order valence-corrected chi connectivity index (χ1v) is 20.9. The van der Waals surface area contributed by atoms with Crippen molar-refractivity contribution in [1.29, 1.82) is 0 Å². The van der Waals surface area contributed by atoms with Crippen LogP contribution in [0.4, 0.5) is 0 Å². The number of esters is 4. The summed E-state index contributed by atoms with van der Waals surface area (Å²) in [7, 11) is 7.21. The fraction of sp³-hybridized carbons (Fsp3) is 0.282. The van der Waals surface area contributed by atoms with Crippen molar-refractivity contribution in [2.45, 2.75) is 58.7 Å². The molecule has 0 atom stereocenters. The first-order valence-electron chi connectivity index (χ1n) is 19.3. The number of carbonyl (C=O) groups excluding carboxylic acids is 4. The second-order valence-electron chi connectivity index (χ2n) is 13.8. The summed E-state index contributed by atoms with van der Waals surface area (Å²) >= 11 is 0. The van der Waals surface area contributed by atoms with E-state index in [4.69, 9.17) is 18.9 Å². The van der Waals surface area contributed by atoms with Gasteiger partial charge >= 0.3 is 23.9 Å². The molecule has 0 radical (unpaired) electrons. The van der Waals surface area contributed by atoms with Crippen molar-refractivity contribution in [1.82, 2.24) is 0 Å². The predicted molar refractivity (Wildman–Crippen MR) is 235 cm³/mol. The molecule has 4 aromatic carbocycles. The van der Waals surface area contributed by atoms with Crippen molar-refractivity contribution in [3.05, 3.63) is 121 Å². The monoisotopic (exact) mass is 788 g/mol. The molecule has 0 fully saturated rings. The second-order valence-corrected chi connectivity index (χ2v) is 15.4. The molecule has 0 spiro atoms.